The van der Waals surface area contributed by atoms with Gasteiger partial charge in [0.1, 0.15) is 6.54 Å². The molecule has 4 rings (SSSR count). The van der Waals surface area contributed by atoms with Crippen LogP contribution in [-0.2, 0) is 26.0 Å². The van der Waals surface area contributed by atoms with E-state index < -0.39 is 10.0 Å². The molecule has 0 bridgehead atoms. The van der Waals surface area contributed by atoms with Crippen molar-refractivity contribution in [2.45, 2.75) is 82.6 Å². The lowest BCUT2D eigenvalue weighted by Gasteiger charge is -2.30. The van der Waals surface area contributed by atoms with Crippen molar-refractivity contribution in [3.63, 3.8) is 0 Å². The third kappa shape index (κ3) is 5.60. The van der Waals surface area contributed by atoms with E-state index in [4.69, 9.17) is 0 Å². The average Bonchev–Trinajstić information content (AvgIpc) is 2.94. The standard InChI is InChI=1S/C25H37N3O4S/c1-18-6-8-21(9-7-18)26-24(29)17-28-23-11-10-22(16-20(23)4-3-5-25(28)30)33(31,32)27-14-12-19(2)13-15-27/h10-11,16,18-19,21H,3-9,12-15,17H2,1-2H3,(H,26,29). The number of aryl methyl sites for hydroxylation is 1. The van der Waals surface area contributed by atoms with Gasteiger partial charge in [-0.3, -0.25) is 9.59 Å². The lowest BCUT2D eigenvalue weighted by Crippen LogP contribution is -2.45. The molecular weight excluding hydrogens is 438 g/mol. The number of hydrogen-bond acceptors (Lipinski definition) is 4. The number of anilines is 1. The molecule has 1 aliphatic carbocycles. The summed E-state index contributed by atoms with van der Waals surface area (Å²) in [5.74, 6) is 1.03. The van der Waals surface area contributed by atoms with E-state index in [-0.39, 0.29) is 29.3 Å². The van der Waals surface area contributed by atoms with Crippen molar-refractivity contribution in [3.8, 4) is 0 Å². The van der Waals surface area contributed by atoms with Crippen LogP contribution in [0.15, 0.2) is 23.1 Å². The van der Waals surface area contributed by atoms with Crippen LogP contribution in [0.5, 0.6) is 0 Å². The molecule has 3 aliphatic rings. The van der Waals surface area contributed by atoms with Gasteiger partial charge in [0.05, 0.1) is 4.90 Å². The Bertz CT molecular complexity index is 977. The third-order valence-electron chi connectivity index (χ3n) is 7.54. The van der Waals surface area contributed by atoms with Gasteiger partial charge in [0.2, 0.25) is 21.8 Å². The predicted octanol–water partition coefficient (Wildman–Crippen LogP) is 3.47. The predicted molar refractivity (Wildman–Crippen MR) is 128 cm³/mol. The van der Waals surface area contributed by atoms with Crippen LogP contribution in [-0.4, -0.2) is 50.2 Å². The highest BCUT2D eigenvalue weighted by molar-refractivity contribution is 7.89. The number of rotatable bonds is 5. The van der Waals surface area contributed by atoms with Crippen molar-refractivity contribution in [1.82, 2.24) is 9.62 Å². The summed E-state index contributed by atoms with van der Waals surface area (Å²) >= 11 is 0. The molecule has 8 heteroatoms. The van der Waals surface area contributed by atoms with E-state index in [1.807, 2.05) is 0 Å². The minimum Gasteiger partial charge on any atom is -0.352 e. The summed E-state index contributed by atoms with van der Waals surface area (Å²) in [4.78, 5) is 27.4. The fourth-order valence-electron chi connectivity index (χ4n) is 5.25. The zero-order valence-electron chi connectivity index (χ0n) is 19.9. The van der Waals surface area contributed by atoms with Gasteiger partial charge in [-0.2, -0.15) is 4.31 Å². The summed E-state index contributed by atoms with van der Waals surface area (Å²) in [7, 11) is -3.56. The molecule has 2 amide bonds. The molecule has 7 nitrogen and oxygen atoms in total. The lowest BCUT2D eigenvalue weighted by atomic mass is 9.87. The Morgan fingerprint density at radius 2 is 1.67 bits per heavy atom. The van der Waals surface area contributed by atoms with Crippen molar-refractivity contribution in [2.24, 2.45) is 11.8 Å². The molecule has 2 heterocycles. The van der Waals surface area contributed by atoms with Crippen LogP contribution in [0, 0.1) is 11.8 Å². The first-order valence-corrected chi connectivity index (χ1v) is 13.9. The smallest absolute Gasteiger partial charge is 0.243 e. The summed E-state index contributed by atoms with van der Waals surface area (Å²) in [5, 5.41) is 3.11. The number of nitrogens with one attached hydrogen (secondary N) is 1. The molecule has 1 aromatic carbocycles. The van der Waals surface area contributed by atoms with Crippen LogP contribution in [0.25, 0.3) is 0 Å². The molecule has 0 spiro atoms. The second kappa shape index (κ2) is 10.1. The Labute approximate surface area is 198 Å². The van der Waals surface area contributed by atoms with Gasteiger partial charge in [-0.05, 0) is 87.0 Å². The maximum absolute atomic E-state index is 13.2. The van der Waals surface area contributed by atoms with Crippen LogP contribution in [0.2, 0.25) is 0 Å². The SMILES string of the molecule is CC1CCC(NC(=O)CN2C(=O)CCCc3cc(S(=O)(=O)N4CCC(C)CC4)ccc32)CC1. The number of piperidine rings is 1. The van der Waals surface area contributed by atoms with Gasteiger partial charge in [0.25, 0.3) is 0 Å². The number of hydrogen-bond donors (Lipinski definition) is 1. The highest BCUT2D eigenvalue weighted by atomic mass is 32.2. The van der Waals surface area contributed by atoms with Crippen molar-refractivity contribution >= 4 is 27.5 Å². The fourth-order valence-corrected chi connectivity index (χ4v) is 6.78. The number of benzene rings is 1. The largest absolute Gasteiger partial charge is 0.352 e. The van der Waals surface area contributed by atoms with Gasteiger partial charge in [-0.1, -0.05) is 13.8 Å². The van der Waals surface area contributed by atoms with Crippen LogP contribution < -0.4 is 10.2 Å². The van der Waals surface area contributed by atoms with Gasteiger partial charge >= 0.3 is 0 Å². The molecule has 1 N–H and O–H groups in total. The minimum absolute atomic E-state index is 0.0198. The monoisotopic (exact) mass is 475 g/mol. The fraction of sp³-hybridized carbons (Fsp3) is 0.680. The van der Waals surface area contributed by atoms with Crippen LogP contribution >= 0.6 is 0 Å². The third-order valence-corrected chi connectivity index (χ3v) is 9.44. The highest BCUT2D eigenvalue weighted by Crippen LogP contribution is 2.31. The maximum atomic E-state index is 13.2. The Morgan fingerprint density at radius 1 is 1.00 bits per heavy atom. The first-order valence-electron chi connectivity index (χ1n) is 12.5. The normalized spacial score (nSPS) is 25.4. The first-order chi connectivity index (χ1) is 15.7. The van der Waals surface area contributed by atoms with E-state index >= 15 is 0 Å². The zero-order chi connectivity index (χ0) is 23.6. The van der Waals surface area contributed by atoms with Crippen LogP contribution in [0.4, 0.5) is 5.69 Å². The van der Waals surface area contributed by atoms with Gasteiger partial charge in [0, 0.05) is 31.2 Å². The number of fused-ring (bicyclic) bond motifs is 1. The van der Waals surface area contributed by atoms with Crippen molar-refractivity contribution in [1.29, 1.82) is 0 Å². The summed E-state index contributed by atoms with van der Waals surface area (Å²) in [6, 6.07) is 5.20. The molecule has 1 aromatic rings. The highest BCUT2D eigenvalue weighted by Gasteiger charge is 2.31. The molecule has 2 fully saturated rings. The van der Waals surface area contributed by atoms with Gasteiger partial charge in [0.15, 0.2) is 0 Å². The second-order valence-corrected chi connectivity index (χ2v) is 12.2. The summed E-state index contributed by atoms with van der Waals surface area (Å²) in [5.41, 5.74) is 1.49. The topological polar surface area (TPSA) is 86.8 Å². The number of amides is 2. The lowest BCUT2D eigenvalue weighted by molar-refractivity contribution is -0.124. The van der Waals surface area contributed by atoms with E-state index in [0.29, 0.717) is 49.9 Å². The number of nitrogens with zero attached hydrogens (tertiary/aromatic N) is 2. The number of carbonyl (C=O) groups is 2. The molecule has 0 atom stereocenters. The van der Waals surface area contributed by atoms with E-state index in [1.165, 1.54) is 0 Å². The van der Waals surface area contributed by atoms with E-state index in [2.05, 4.69) is 19.2 Å². The summed E-state index contributed by atoms with van der Waals surface area (Å²) in [6.07, 6.45) is 7.57. The van der Waals surface area contributed by atoms with Crippen LogP contribution in [0.1, 0.15) is 70.8 Å². The van der Waals surface area contributed by atoms with Gasteiger partial charge in [-0.15, -0.1) is 0 Å². The number of carbonyl (C=O) groups excluding carboxylic acids is 2. The summed E-state index contributed by atoms with van der Waals surface area (Å²) in [6.45, 7) is 5.47. The second-order valence-electron chi connectivity index (χ2n) is 10.2. The molecule has 0 radical (unpaired) electrons. The van der Waals surface area contributed by atoms with E-state index in [9.17, 15) is 18.0 Å². The molecule has 2 aliphatic heterocycles. The van der Waals surface area contributed by atoms with Gasteiger partial charge < -0.3 is 10.2 Å². The quantitative estimate of drug-likeness (QED) is 0.706. The average molecular weight is 476 g/mol. The first kappa shape index (κ1) is 24.2. The molecule has 0 unspecified atom stereocenters. The molecular formula is C25H37N3O4S. The summed E-state index contributed by atoms with van der Waals surface area (Å²) < 4.78 is 28.0. The molecule has 0 aromatic heterocycles. The Kier molecular flexibility index (Phi) is 7.43. The Morgan fingerprint density at radius 3 is 2.36 bits per heavy atom. The molecule has 1 saturated heterocycles. The van der Waals surface area contributed by atoms with Crippen molar-refractivity contribution < 1.29 is 18.0 Å². The Balaban J connectivity index is 1.50. The molecule has 182 valence electrons. The zero-order valence-corrected chi connectivity index (χ0v) is 20.7. The van der Waals surface area contributed by atoms with Crippen molar-refractivity contribution in [3.05, 3.63) is 23.8 Å². The van der Waals surface area contributed by atoms with Crippen LogP contribution in [0.3, 0.4) is 0 Å². The number of sulfonamides is 1. The van der Waals surface area contributed by atoms with Crippen molar-refractivity contribution in [2.75, 3.05) is 24.5 Å². The Hall–Kier alpha value is -1.93. The maximum Gasteiger partial charge on any atom is 0.243 e. The minimum atomic E-state index is -3.56. The molecule has 33 heavy (non-hydrogen) atoms. The van der Waals surface area contributed by atoms with Gasteiger partial charge in [-0.25, -0.2) is 8.42 Å². The van der Waals surface area contributed by atoms with E-state index in [0.717, 1.165) is 44.1 Å². The van der Waals surface area contributed by atoms with E-state index in [1.54, 1.807) is 27.4 Å². The molecule has 1 saturated carbocycles.